The van der Waals surface area contributed by atoms with Gasteiger partial charge in [-0.25, -0.2) is 4.79 Å². The van der Waals surface area contributed by atoms with Gasteiger partial charge in [0.25, 0.3) is 5.91 Å². The number of nitrogen functional groups attached to an aromatic ring is 1. The van der Waals surface area contributed by atoms with Crippen LogP contribution in [0.4, 0.5) is 5.69 Å². The van der Waals surface area contributed by atoms with E-state index in [1.54, 1.807) is 25.1 Å². The Bertz CT molecular complexity index is 509. The molecule has 1 aromatic rings. The van der Waals surface area contributed by atoms with Gasteiger partial charge in [0.15, 0.2) is 6.10 Å². The summed E-state index contributed by atoms with van der Waals surface area (Å²) in [4.78, 5) is 23.6. The van der Waals surface area contributed by atoms with E-state index in [1.807, 2.05) is 6.92 Å². The van der Waals surface area contributed by atoms with Crippen molar-refractivity contribution >= 4 is 17.6 Å². The first-order valence-corrected chi connectivity index (χ1v) is 6.35. The minimum absolute atomic E-state index is 0.247. The molecule has 0 spiro atoms. The van der Waals surface area contributed by atoms with E-state index in [0.717, 1.165) is 18.4 Å². The second-order valence-corrected chi connectivity index (χ2v) is 4.90. The smallest absolute Gasteiger partial charge is 0.338 e. The van der Waals surface area contributed by atoms with Crippen LogP contribution in [-0.2, 0) is 9.53 Å². The van der Waals surface area contributed by atoms with E-state index in [0.29, 0.717) is 11.3 Å². The fourth-order valence-electron chi connectivity index (χ4n) is 1.63. The van der Waals surface area contributed by atoms with Gasteiger partial charge in [0, 0.05) is 11.7 Å². The van der Waals surface area contributed by atoms with Gasteiger partial charge in [-0.3, -0.25) is 4.79 Å². The van der Waals surface area contributed by atoms with E-state index in [1.165, 1.54) is 0 Å². The van der Waals surface area contributed by atoms with Crippen LogP contribution < -0.4 is 11.1 Å². The number of hydrogen-bond donors (Lipinski definition) is 2. The van der Waals surface area contributed by atoms with Gasteiger partial charge in [0.1, 0.15) is 0 Å². The molecule has 1 unspecified atom stereocenters. The number of nitrogens with one attached hydrogen (secondary N) is 1. The highest BCUT2D eigenvalue weighted by Gasteiger charge is 2.27. The quantitative estimate of drug-likeness (QED) is 0.635. The lowest BCUT2D eigenvalue weighted by Gasteiger charge is -2.13. The van der Waals surface area contributed by atoms with Crippen LogP contribution >= 0.6 is 0 Å². The topological polar surface area (TPSA) is 81.4 Å². The molecule has 1 aromatic carbocycles. The van der Waals surface area contributed by atoms with Gasteiger partial charge in [0.2, 0.25) is 0 Å². The van der Waals surface area contributed by atoms with Crippen molar-refractivity contribution in [3.63, 3.8) is 0 Å². The molecular weight excluding hydrogens is 244 g/mol. The third-order valence-electron chi connectivity index (χ3n) is 3.08. The zero-order valence-corrected chi connectivity index (χ0v) is 11.1. The lowest BCUT2D eigenvalue weighted by atomic mass is 10.1. The summed E-state index contributed by atoms with van der Waals surface area (Å²) in [6.45, 7) is 3.38. The maximum absolute atomic E-state index is 11.9. The summed E-state index contributed by atoms with van der Waals surface area (Å²) >= 11 is 0. The molecule has 19 heavy (non-hydrogen) atoms. The summed E-state index contributed by atoms with van der Waals surface area (Å²) < 4.78 is 5.13. The maximum atomic E-state index is 11.9. The number of carbonyl (C=O) groups excluding carboxylic acids is 2. The SMILES string of the molecule is Cc1cc(C(=O)OC(C)C(=O)NC2CC2)ccc1N. The van der Waals surface area contributed by atoms with Crippen LogP contribution in [0.25, 0.3) is 0 Å². The Hall–Kier alpha value is -2.04. The fraction of sp³-hybridized carbons (Fsp3) is 0.429. The molecule has 102 valence electrons. The standard InChI is InChI=1S/C14H18N2O3/c1-8-7-10(3-6-12(8)15)14(18)19-9(2)13(17)16-11-4-5-11/h3,6-7,9,11H,4-5,15H2,1-2H3,(H,16,17). The van der Waals surface area contributed by atoms with Crippen LogP contribution in [0.1, 0.15) is 35.7 Å². The Kier molecular flexibility index (Phi) is 3.74. The molecule has 1 aliphatic rings. The van der Waals surface area contributed by atoms with Crippen molar-refractivity contribution in [2.45, 2.75) is 38.8 Å². The molecule has 0 heterocycles. The number of esters is 1. The molecule has 2 rings (SSSR count). The minimum Gasteiger partial charge on any atom is -0.449 e. The number of hydrogen-bond acceptors (Lipinski definition) is 4. The van der Waals surface area contributed by atoms with Gasteiger partial charge in [0.05, 0.1) is 5.56 Å². The van der Waals surface area contributed by atoms with Crippen LogP contribution in [-0.4, -0.2) is 24.0 Å². The van der Waals surface area contributed by atoms with Crippen molar-refractivity contribution in [3.8, 4) is 0 Å². The molecule has 0 aromatic heterocycles. The van der Waals surface area contributed by atoms with E-state index in [-0.39, 0.29) is 11.9 Å². The summed E-state index contributed by atoms with van der Waals surface area (Å²) in [5.41, 5.74) is 7.52. The van der Waals surface area contributed by atoms with E-state index >= 15 is 0 Å². The molecule has 1 fully saturated rings. The van der Waals surface area contributed by atoms with Gasteiger partial charge < -0.3 is 15.8 Å². The van der Waals surface area contributed by atoms with Gasteiger partial charge in [-0.2, -0.15) is 0 Å². The first-order chi connectivity index (χ1) is 8.97. The van der Waals surface area contributed by atoms with Crippen molar-refractivity contribution in [2.75, 3.05) is 5.73 Å². The predicted octanol–water partition coefficient (Wildman–Crippen LogP) is 1.40. The first-order valence-electron chi connectivity index (χ1n) is 6.35. The average molecular weight is 262 g/mol. The van der Waals surface area contributed by atoms with Gasteiger partial charge in [-0.15, -0.1) is 0 Å². The van der Waals surface area contributed by atoms with Crippen molar-refractivity contribution in [3.05, 3.63) is 29.3 Å². The normalized spacial score (nSPS) is 15.7. The molecule has 0 bridgehead atoms. The molecule has 5 nitrogen and oxygen atoms in total. The average Bonchev–Trinajstić information content (AvgIpc) is 3.16. The molecule has 3 N–H and O–H groups in total. The number of anilines is 1. The largest absolute Gasteiger partial charge is 0.449 e. The molecule has 1 aliphatic carbocycles. The number of aryl methyl sites for hydroxylation is 1. The first kappa shape index (κ1) is 13.4. The van der Waals surface area contributed by atoms with Crippen LogP contribution in [0, 0.1) is 6.92 Å². The van der Waals surface area contributed by atoms with Crippen LogP contribution in [0.5, 0.6) is 0 Å². The number of rotatable bonds is 4. The molecule has 1 amide bonds. The minimum atomic E-state index is -0.786. The number of benzene rings is 1. The van der Waals surface area contributed by atoms with E-state index in [4.69, 9.17) is 10.5 Å². The van der Waals surface area contributed by atoms with Gasteiger partial charge in [-0.05, 0) is 50.5 Å². The number of ether oxygens (including phenoxy) is 1. The molecule has 5 heteroatoms. The lowest BCUT2D eigenvalue weighted by Crippen LogP contribution is -2.37. The molecular formula is C14H18N2O3. The van der Waals surface area contributed by atoms with E-state index in [2.05, 4.69) is 5.32 Å². The molecule has 1 atom stereocenters. The van der Waals surface area contributed by atoms with Crippen LogP contribution in [0.15, 0.2) is 18.2 Å². The van der Waals surface area contributed by atoms with Gasteiger partial charge in [-0.1, -0.05) is 0 Å². The Labute approximate surface area is 112 Å². The summed E-state index contributed by atoms with van der Waals surface area (Å²) in [6.07, 6.45) is 1.22. The summed E-state index contributed by atoms with van der Waals surface area (Å²) in [5, 5.41) is 2.79. The van der Waals surface area contributed by atoms with Crippen molar-refractivity contribution < 1.29 is 14.3 Å². The van der Waals surface area contributed by atoms with Crippen molar-refractivity contribution in [1.29, 1.82) is 0 Å². The summed E-state index contributed by atoms with van der Waals surface area (Å²) in [5.74, 6) is -0.760. The van der Waals surface area contributed by atoms with Crippen LogP contribution in [0.3, 0.4) is 0 Å². The summed E-state index contributed by atoms with van der Waals surface area (Å²) in [6, 6.07) is 5.16. The second kappa shape index (κ2) is 5.30. The Morgan fingerprint density at radius 1 is 1.42 bits per heavy atom. The number of amides is 1. The second-order valence-electron chi connectivity index (χ2n) is 4.90. The van der Waals surface area contributed by atoms with Crippen molar-refractivity contribution in [2.24, 2.45) is 0 Å². The van der Waals surface area contributed by atoms with E-state index < -0.39 is 12.1 Å². The lowest BCUT2D eigenvalue weighted by molar-refractivity contribution is -0.129. The van der Waals surface area contributed by atoms with Crippen LogP contribution in [0.2, 0.25) is 0 Å². The zero-order chi connectivity index (χ0) is 14.0. The van der Waals surface area contributed by atoms with Gasteiger partial charge >= 0.3 is 5.97 Å². The fourth-order valence-corrected chi connectivity index (χ4v) is 1.63. The molecule has 1 saturated carbocycles. The highest BCUT2D eigenvalue weighted by atomic mass is 16.5. The van der Waals surface area contributed by atoms with Crippen molar-refractivity contribution in [1.82, 2.24) is 5.32 Å². The third kappa shape index (κ3) is 3.47. The third-order valence-corrected chi connectivity index (χ3v) is 3.08. The number of nitrogens with two attached hydrogens (primary N) is 1. The Balaban J connectivity index is 1.95. The Morgan fingerprint density at radius 3 is 2.68 bits per heavy atom. The van der Waals surface area contributed by atoms with E-state index in [9.17, 15) is 9.59 Å². The predicted molar refractivity (Wildman–Crippen MR) is 71.6 cm³/mol. The zero-order valence-electron chi connectivity index (χ0n) is 11.1. The maximum Gasteiger partial charge on any atom is 0.338 e. The highest BCUT2D eigenvalue weighted by Crippen LogP contribution is 2.19. The Morgan fingerprint density at radius 2 is 2.11 bits per heavy atom. The summed E-state index contributed by atoms with van der Waals surface area (Å²) in [7, 11) is 0. The molecule has 0 aliphatic heterocycles. The molecule has 0 saturated heterocycles. The highest BCUT2D eigenvalue weighted by molar-refractivity contribution is 5.92. The number of carbonyl (C=O) groups is 2. The monoisotopic (exact) mass is 262 g/mol. The molecule has 0 radical (unpaired) electrons.